The van der Waals surface area contributed by atoms with Crippen LogP contribution in [0.5, 0.6) is 0 Å². The first-order valence-corrected chi connectivity index (χ1v) is 13.4. The average molecular weight is 463 g/mol. The van der Waals surface area contributed by atoms with E-state index in [1.165, 1.54) is 31.2 Å². The first kappa shape index (κ1) is 23.7. The first-order valence-electron chi connectivity index (χ1n) is 13.4. The highest BCUT2D eigenvalue weighted by Crippen LogP contribution is 2.68. The first-order chi connectivity index (χ1) is 15.7. The molecule has 8 unspecified atom stereocenters. The molecule has 0 aliphatic heterocycles. The minimum Gasteiger partial charge on any atom is -0.377 e. The van der Waals surface area contributed by atoms with Crippen LogP contribution in [0, 0.1) is 46.3 Å². The molecule has 0 N–H and O–H groups in total. The predicted molar refractivity (Wildman–Crippen MR) is 125 cm³/mol. The summed E-state index contributed by atoms with van der Waals surface area (Å²) in [6.45, 7) is 6.43. The number of hydrogen-bond donors (Lipinski definition) is 0. The van der Waals surface area contributed by atoms with Crippen molar-refractivity contribution in [2.24, 2.45) is 46.3 Å². The van der Waals surface area contributed by atoms with Gasteiger partial charge in [0, 0.05) is 6.61 Å². The van der Waals surface area contributed by atoms with Gasteiger partial charge in [-0.05, 0) is 110 Å². The van der Waals surface area contributed by atoms with E-state index >= 15 is 0 Å². The molecule has 0 radical (unpaired) electrons. The zero-order chi connectivity index (χ0) is 23.3. The molecule has 4 fully saturated rings. The van der Waals surface area contributed by atoms with Gasteiger partial charge >= 0.3 is 6.18 Å². The van der Waals surface area contributed by atoms with Crippen molar-refractivity contribution in [3.05, 3.63) is 35.9 Å². The van der Waals surface area contributed by atoms with Crippen LogP contribution in [0.3, 0.4) is 0 Å². The quantitative estimate of drug-likeness (QED) is 0.399. The van der Waals surface area contributed by atoms with Crippen LogP contribution in [0.25, 0.3) is 0 Å². The van der Waals surface area contributed by atoms with Gasteiger partial charge in [0.05, 0.1) is 12.5 Å². The summed E-state index contributed by atoms with van der Waals surface area (Å²) in [5.74, 6) is 2.05. The van der Waals surface area contributed by atoms with Crippen LogP contribution in [-0.4, -0.2) is 12.8 Å². The standard InChI is InChI=1S/C29H41F3O/c1-27-16-13-26-24(10-8-22-18-23(29(30,31)32)12-15-28(22,26)2)25(27)11-9-21(27)14-17-33-19-20-6-4-3-5-7-20/h3-7,21-26H,8-19H2,1-2H3. The Bertz CT molecular complexity index is 807. The van der Waals surface area contributed by atoms with E-state index in [4.69, 9.17) is 4.74 Å². The van der Waals surface area contributed by atoms with Crippen LogP contribution in [0.2, 0.25) is 0 Å². The molecule has 0 heterocycles. The highest BCUT2D eigenvalue weighted by molar-refractivity contribution is 5.13. The second-order valence-corrected chi connectivity index (χ2v) is 12.3. The molecule has 1 aromatic rings. The van der Waals surface area contributed by atoms with Crippen LogP contribution in [0.4, 0.5) is 13.2 Å². The summed E-state index contributed by atoms with van der Waals surface area (Å²) in [5, 5.41) is 0. The lowest BCUT2D eigenvalue weighted by Gasteiger charge is -2.61. The zero-order valence-electron chi connectivity index (χ0n) is 20.4. The van der Waals surface area contributed by atoms with Crippen molar-refractivity contribution >= 4 is 0 Å². The number of alkyl halides is 3. The largest absolute Gasteiger partial charge is 0.391 e. The Morgan fingerprint density at radius 1 is 0.879 bits per heavy atom. The molecule has 0 amide bonds. The molecule has 33 heavy (non-hydrogen) atoms. The molecule has 0 bridgehead atoms. The Balaban J connectivity index is 1.21. The van der Waals surface area contributed by atoms with Gasteiger partial charge in [-0.2, -0.15) is 13.2 Å². The van der Waals surface area contributed by atoms with Crippen molar-refractivity contribution < 1.29 is 17.9 Å². The summed E-state index contributed by atoms with van der Waals surface area (Å²) in [6.07, 6.45) is 5.92. The predicted octanol–water partition coefficient (Wildman–Crippen LogP) is 8.43. The van der Waals surface area contributed by atoms with Gasteiger partial charge in [-0.3, -0.25) is 0 Å². The van der Waals surface area contributed by atoms with Gasteiger partial charge in [0.25, 0.3) is 0 Å². The maximum atomic E-state index is 13.4. The Morgan fingerprint density at radius 2 is 1.61 bits per heavy atom. The lowest BCUT2D eigenvalue weighted by Crippen LogP contribution is -2.54. The molecule has 4 aliphatic carbocycles. The van der Waals surface area contributed by atoms with Crippen molar-refractivity contribution in [1.29, 1.82) is 0 Å². The maximum absolute atomic E-state index is 13.4. The van der Waals surface area contributed by atoms with Crippen LogP contribution in [0.15, 0.2) is 30.3 Å². The Hall–Kier alpha value is -1.03. The van der Waals surface area contributed by atoms with E-state index in [9.17, 15) is 13.2 Å². The van der Waals surface area contributed by atoms with Gasteiger partial charge in [-0.15, -0.1) is 0 Å². The van der Waals surface area contributed by atoms with E-state index in [1.54, 1.807) is 0 Å². The Labute approximate surface area is 197 Å². The van der Waals surface area contributed by atoms with Crippen LogP contribution in [0.1, 0.15) is 83.6 Å². The number of benzene rings is 1. The minimum atomic E-state index is -4.01. The number of halogens is 3. The van der Waals surface area contributed by atoms with Crippen molar-refractivity contribution in [3.8, 4) is 0 Å². The smallest absolute Gasteiger partial charge is 0.377 e. The average Bonchev–Trinajstić information content (AvgIpc) is 3.12. The van der Waals surface area contributed by atoms with E-state index in [-0.39, 0.29) is 11.3 Å². The zero-order valence-corrected chi connectivity index (χ0v) is 20.4. The highest BCUT2D eigenvalue weighted by Gasteiger charge is 2.61. The van der Waals surface area contributed by atoms with Gasteiger partial charge in [-0.1, -0.05) is 44.2 Å². The highest BCUT2D eigenvalue weighted by atomic mass is 19.4. The van der Waals surface area contributed by atoms with Crippen LogP contribution < -0.4 is 0 Å². The number of hydrogen-bond acceptors (Lipinski definition) is 1. The fraction of sp³-hybridized carbons (Fsp3) is 0.793. The lowest BCUT2D eigenvalue weighted by atomic mass is 9.44. The third-order valence-electron chi connectivity index (χ3n) is 11.0. The molecule has 5 rings (SSSR count). The van der Waals surface area contributed by atoms with E-state index in [2.05, 4.69) is 38.1 Å². The fourth-order valence-electron chi connectivity index (χ4n) is 9.13. The van der Waals surface area contributed by atoms with Gasteiger partial charge < -0.3 is 4.74 Å². The van der Waals surface area contributed by atoms with Gasteiger partial charge in [0.15, 0.2) is 0 Å². The summed E-state index contributed by atoms with van der Waals surface area (Å²) in [5.41, 5.74) is 1.76. The van der Waals surface area contributed by atoms with E-state index in [1.807, 2.05) is 6.07 Å². The summed E-state index contributed by atoms with van der Waals surface area (Å²) < 4.78 is 46.4. The number of ether oxygens (including phenoxy) is 1. The monoisotopic (exact) mass is 462 g/mol. The molecule has 1 aromatic carbocycles. The second kappa shape index (κ2) is 8.88. The Morgan fingerprint density at radius 3 is 2.36 bits per heavy atom. The van der Waals surface area contributed by atoms with Crippen molar-refractivity contribution in [1.82, 2.24) is 0 Å². The SMILES string of the molecule is CC12CCC3C(CCC4CC(C(F)(F)F)CCC43C)C1CCC2CCOCc1ccccc1. The molecule has 0 aromatic heterocycles. The third-order valence-corrected chi connectivity index (χ3v) is 11.0. The minimum absolute atomic E-state index is 0.128. The van der Waals surface area contributed by atoms with Crippen molar-refractivity contribution in [2.45, 2.75) is 90.8 Å². The molecule has 0 spiro atoms. The fourth-order valence-corrected chi connectivity index (χ4v) is 9.13. The third kappa shape index (κ3) is 4.28. The topological polar surface area (TPSA) is 9.23 Å². The van der Waals surface area contributed by atoms with Gasteiger partial charge in [0.1, 0.15) is 0 Å². The van der Waals surface area contributed by atoms with Crippen molar-refractivity contribution in [2.75, 3.05) is 6.61 Å². The van der Waals surface area contributed by atoms with Crippen LogP contribution in [-0.2, 0) is 11.3 Å². The molecular formula is C29H41F3O. The summed E-state index contributed by atoms with van der Waals surface area (Å²) >= 11 is 0. The summed E-state index contributed by atoms with van der Waals surface area (Å²) in [4.78, 5) is 0. The van der Waals surface area contributed by atoms with E-state index in [0.29, 0.717) is 30.8 Å². The molecule has 1 nitrogen and oxygen atoms in total. The molecule has 0 saturated heterocycles. The molecule has 8 atom stereocenters. The maximum Gasteiger partial charge on any atom is 0.391 e. The molecule has 184 valence electrons. The second-order valence-electron chi connectivity index (χ2n) is 12.3. The Kier molecular flexibility index (Phi) is 6.38. The van der Waals surface area contributed by atoms with Gasteiger partial charge in [0.2, 0.25) is 0 Å². The normalized spacial score (nSPS) is 42.9. The number of fused-ring (bicyclic) bond motifs is 5. The number of rotatable bonds is 5. The lowest BCUT2D eigenvalue weighted by molar-refractivity contribution is -0.208. The van der Waals surface area contributed by atoms with Gasteiger partial charge in [-0.25, -0.2) is 0 Å². The van der Waals surface area contributed by atoms with Crippen molar-refractivity contribution in [3.63, 3.8) is 0 Å². The molecule has 4 heteroatoms. The summed E-state index contributed by atoms with van der Waals surface area (Å²) in [6, 6.07) is 10.4. The van der Waals surface area contributed by atoms with E-state index < -0.39 is 12.1 Å². The molecule has 4 aliphatic rings. The van der Waals surface area contributed by atoms with E-state index in [0.717, 1.165) is 50.0 Å². The molecule has 4 saturated carbocycles. The van der Waals surface area contributed by atoms with Crippen LogP contribution >= 0.6 is 0 Å². The molecular weight excluding hydrogens is 421 g/mol. The summed E-state index contributed by atoms with van der Waals surface area (Å²) in [7, 11) is 0.